The number of thiophene rings is 1. The van der Waals surface area contributed by atoms with E-state index in [4.69, 9.17) is 4.74 Å². The van der Waals surface area contributed by atoms with Crippen LogP contribution in [0.4, 0.5) is 5.69 Å². The number of ether oxygens (including phenoxy) is 1. The normalized spacial score (nSPS) is 11.7. The molecule has 3 N–H and O–H groups in total. The van der Waals surface area contributed by atoms with Crippen molar-refractivity contribution in [3.8, 4) is 5.75 Å². The fraction of sp³-hybridized carbons (Fsp3) is 0.125. The fourth-order valence-electron chi connectivity index (χ4n) is 3.35. The molecule has 0 spiro atoms. The first-order valence-corrected chi connectivity index (χ1v) is 10.9. The second kappa shape index (κ2) is 9.49. The molecule has 32 heavy (non-hydrogen) atoms. The number of carbonyl (C=O) groups is 3. The smallest absolute Gasteiger partial charge is 0.334 e. The maximum absolute atomic E-state index is 12.8. The van der Waals surface area contributed by atoms with Gasteiger partial charge in [0.05, 0.1) is 4.88 Å². The standard InChI is InChI=1S/C24H21N3O4S/c1-15(28)26-21(13-16-14-25-20-6-3-2-5-19(16)20)24(30)31-18-10-8-17(9-11-18)27-23(29)22-7-4-12-32-22/h2-12,14,21,25H,13H2,1H3,(H,26,28)(H,27,29)/t21-/m0/s1. The van der Waals surface area contributed by atoms with E-state index >= 15 is 0 Å². The molecule has 0 fully saturated rings. The number of H-pyrrole nitrogens is 1. The first kappa shape index (κ1) is 21.3. The molecule has 0 saturated heterocycles. The van der Waals surface area contributed by atoms with Gasteiger partial charge in [0.15, 0.2) is 0 Å². The largest absolute Gasteiger partial charge is 0.425 e. The third-order valence-electron chi connectivity index (χ3n) is 4.84. The van der Waals surface area contributed by atoms with Crippen LogP contribution in [0.25, 0.3) is 10.9 Å². The molecule has 0 aliphatic heterocycles. The van der Waals surface area contributed by atoms with Gasteiger partial charge in [0.1, 0.15) is 11.8 Å². The maximum Gasteiger partial charge on any atom is 0.334 e. The van der Waals surface area contributed by atoms with Gasteiger partial charge >= 0.3 is 5.97 Å². The van der Waals surface area contributed by atoms with Crippen LogP contribution in [-0.2, 0) is 16.0 Å². The third kappa shape index (κ3) is 5.04. The highest BCUT2D eigenvalue weighted by molar-refractivity contribution is 7.12. The van der Waals surface area contributed by atoms with E-state index in [0.717, 1.165) is 16.5 Å². The van der Waals surface area contributed by atoms with Crippen molar-refractivity contribution >= 4 is 45.7 Å². The summed E-state index contributed by atoms with van der Waals surface area (Å²) in [6.45, 7) is 1.36. The van der Waals surface area contributed by atoms with E-state index in [1.54, 1.807) is 30.3 Å². The van der Waals surface area contributed by atoms with Crippen molar-refractivity contribution in [3.05, 3.63) is 82.7 Å². The Morgan fingerprint density at radius 2 is 1.81 bits per heavy atom. The minimum absolute atomic E-state index is 0.200. The molecule has 4 rings (SSSR count). The Labute approximate surface area is 188 Å². The molecular weight excluding hydrogens is 426 g/mol. The Hall–Kier alpha value is -3.91. The van der Waals surface area contributed by atoms with E-state index in [-0.39, 0.29) is 18.2 Å². The first-order valence-electron chi connectivity index (χ1n) is 9.98. The Morgan fingerprint density at radius 3 is 2.53 bits per heavy atom. The molecule has 2 amide bonds. The molecular formula is C24H21N3O4S. The molecule has 0 radical (unpaired) electrons. The number of esters is 1. The number of aromatic amines is 1. The van der Waals surface area contributed by atoms with Gasteiger partial charge < -0.3 is 20.4 Å². The number of rotatable bonds is 7. The summed E-state index contributed by atoms with van der Waals surface area (Å²) in [6, 6.07) is 17.0. The predicted octanol–water partition coefficient (Wildman–Crippen LogP) is 4.13. The highest BCUT2D eigenvalue weighted by Crippen LogP contribution is 2.21. The zero-order valence-electron chi connectivity index (χ0n) is 17.3. The minimum Gasteiger partial charge on any atom is -0.425 e. The van der Waals surface area contributed by atoms with Gasteiger partial charge in [-0.3, -0.25) is 9.59 Å². The third-order valence-corrected chi connectivity index (χ3v) is 5.71. The van der Waals surface area contributed by atoms with E-state index in [1.165, 1.54) is 18.3 Å². The number of para-hydroxylation sites is 1. The van der Waals surface area contributed by atoms with Crippen LogP contribution in [0.5, 0.6) is 5.75 Å². The van der Waals surface area contributed by atoms with Crippen molar-refractivity contribution in [1.82, 2.24) is 10.3 Å². The van der Waals surface area contributed by atoms with Crippen LogP contribution in [0.1, 0.15) is 22.2 Å². The van der Waals surface area contributed by atoms with E-state index in [0.29, 0.717) is 16.3 Å². The lowest BCUT2D eigenvalue weighted by Gasteiger charge is -2.16. The van der Waals surface area contributed by atoms with E-state index in [2.05, 4.69) is 15.6 Å². The number of fused-ring (bicyclic) bond motifs is 1. The van der Waals surface area contributed by atoms with Gasteiger partial charge in [-0.15, -0.1) is 11.3 Å². The fourth-order valence-corrected chi connectivity index (χ4v) is 3.97. The summed E-state index contributed by atoms with van der Waals surface area (Å²) < 4.78 is 5.50. The summed E-state index contributed by atoms with van der Waals surface area (Å²) in [5.74, 6) is -0.771. The number of nitrogens with one attached hydrogen (secondary N) is 3. The van der Waals surface area contributed by atoms with Gasteiger partial charge in [-0.25, -0.2) is 4.79 Å². The Balaban J connectivity index is 1.43. The van der Waals surface area contributed by atoms with Gasteiger partial charge in [-0.2, -0.15) is 0 Å². The molecule has 0 aliphatic carbocycles. The molecule has 2 aromatic heterocycles. The first-order chi connectivity index (χ1) is 15.5. The van der Waals surface area contributed by atoms with Crippen molar-refractivity contribution in [2.24, 2.45) is 0 Å². The molecule has 0 unspecified atom stereocenters. The molecule has 2 aromatic carbocycles. The number of amides is 2. The van der Waals surface area contributed by atoms with Crippen molar-refractivity contribution in [2.45, 2.75) is 19.4 Å². The van der Waals surface area contributed by atoms with Crippen molar-refractivity contribution in [3.63, 3.8) is 0 Å². The quantitative estimate of drug-likeness (QED) is 0.293. The number of hydrogen-bond donors (Lipinski definition) is 3. The Bertz CT molecular complexity index is 1250. The highest BCUT2D eigenvalue weighted by Gasteiger charge is 2.23. The number of hydrogen-bond acceptors (Lipinski definition) is 5. The van der Waals surface area contributed by atoms with Gasteiger partial charge in [0.25, 0.3) is 5.91 Å². The average molecular weight is 448 g/mol. The number of aromatic nitrogens is 1. The molecule has 1 atom stereocenters. The monoisotopic (exact) mass is 447 g/mol. The molecule has 8 heteroatoms. The zero-order valence-corrected chi connectivity index (χ0v) is 18.1. The Kier molecular flexibility index (Phi) is 6.32. The van der Waals surface area contributed by atoms with Crippen molar-refractivity contribution in [1.29, 1.82) is 0 Å². The topological polar surface area (TPSA) is 100 Å². The van der Waals surface area contributed by atoms with Crippen LogP contribution in [0.3, 0.4) is 0 Å². The van der Waals surface area contributed by atoms with E-state index in [9.17, 15) is 14.4 Å². The summed E-state index contributed by atoms with van der Waals surface area (Å²) in [6.07, 6.45) is 2.12. The Morgan fingerprint density at radius 1 is 1.03 bits per heavy atom. The van der Waals surface area contributed by atoms with Gasteiger partial charge in [0, 0.05) is 36.1 Å². The van der Waals surface area contributed by atoms with Gasteiger partial charge in [0.2, 0.25) is 5.91 Å². The molecule has 162 valence electrons. The van der Waals surface area contributed by atoms with Crippen LogP contribution in [-0.4, -0.2) is 28.8 Å². The minimum atomic E-state index is -0.843. The number of anilines is 1. The van der Waals surface area contributed by atoms with E-state index < -0.39 is 12.0 Å². The number of benzene rings is 2. The van der Waals surface area contributed by atoms with Crippen LogP contribution in [0.2, 0.25) is 0 Å². The van der Waals surface area contributed by atoms with Gasteiger partial charge in [-0.05, 0) is 47.3 Å². The molecule has 0 saturated carbocycles. The summed E-state index contributed by atoms with van der Waals surface area (Å²) in [7, 11) is 0. The summed E-state index contributed by atoms with van der Waals surface area (Å²) in [5, 5.41) is 8.28. The van der Waals surface area contributed by atoms with Crippen LogP contribution >= 0.6 is 11.3 Å². The second-order valence-electron chi connectivity index (χ2n) is 7.19. The van der Waals surface area contributed by atoms with Crippen LogP contribution in [0.15, 0.2) is 72.2 Å². The van der Waals surface area contributed by atoms with Crippen LogP contribution in [0, 0.1) is 0 Å². The number of carbonyl (C=O) groups excluding carboxylic acids is 3. The molecule has 0 aliphatic rings. The average Bonchev–Trinajstić information content (AvgIpc) is 3.45. The highest BCUT2D eigenvalue weighted by atomic mass is 32.1. The van der Waals surface area contributed by atoms with Crippen LogP contribution < -0.4 is 15.4 Å². The SMILES string of the molecule is CC(=O)N[C@@H](Cc1c[nH]c2ccccc12)C(=O)Oc1ccc(NC(=O)c2cccs2)cc1. The molecule has 2 heterocycles. The summed E-state index contributed by atoms with van der Waals surface area (Å²) >= 11 is 1.35. The lowest BCUT2D eigenvalue weighted by Crippen LogP contribution is -2.43. The molecule has 7 nitrogen and oxygen atoms in total. The van der Waals surface area contributed by atoms with Crippen molar-refractivity contribution < 1.29 is 19.1 Å². The zero-order chi connectivity index (χ0) is 22.5. The molecule has 4 aromatic rings. The van der Waals surface area contributed by atoms with Crippen molar-refractivity contribution in [2.75, 3.05) is 5.32 Å². The van der Waals surface area contributed by atoms with Gasteiger partial charge in [-0.1, -0.05) is 24.3 Å². The maximum atomic E-state index is 12.8. The predicted molar refractivity (Wildman–Crippen MR) is 124 cm³/mol. The lowest BCUT2D eigenvalue weighted by molar-refractivity contribution is -0.139. The molecule has 0 bridgehead atoms. The summed E-state index contributed by atoms with van der Waals surface area (Å²) in [4.78, 5) is 40.4. The lowest BCUT2D eigenvalue weighted by atomic mass is 10.0. The summed E-state index contributed by atoms with van der Waals surface area (Å²) in [5.41, 5.74) is 2.45. The second-order valence-corrected chi connectivity index (χ2v) is 8.14. The van der Waals surface area contributed by atoms with E-state index in [1.807, 2.05) is 41.9 Å².